The van der Waals surface area contributed by atoms with Crippen molar-refractivity contribution < 1.29 is 39.6 Å². The molecule has 1 fully saturated rings. The second kappa shape index (κ2) is 11.5. The van der Waals surface area contributed by atoms with E-state index in [9.17, 15) is 39.6 Å². The fourth-order valence-electron chi connectivity index (χ4n) is 2.47. The molecule has 32 heavy (non-hydrogen) atoms. The summed E-state index contributed by atoms with van der Waals surface area (Å²) in [6, 6.07) is 5.17. The Balaban J connectivity index is 0.000000299. The van der Waals surface area contributed by atoms with Gasteiger partial charge in [-0.3, -0.25) is 9.48 Å². The number of hydrogen-bond acceptors (Lipinski definition) is 5. The normalized spacial score (nSPS) is 14.4. The minimum atomic E-state index is -4.51. The van der Waals surface area contributed by atoms with Gasteiger partial charge in [0.25, 0.3) is 0 Å². The van der Waals surface area contributed by atoms with Gasteiger partial charge in [-0.15, -0.1) is 0 Å². The Kier molecular flexibility index (Phi) is 9.89. The van der Waals surface area contributed by atoms with E-state index >= 15 is 0 Å². The molecule has 0 atom stereocenters. The van der Waals surface area contributed by atoms with Crippen molar-refractivity contribution >= 4 is 16.1 Å². The molecule has 1 aliphatic carbocycles. The van der Waals surface area contributed by atoms with Gasteiger partial charge in [-0.25, -0.2) is 8.42 Å². The van der Waals surface area contributed by atoms with Crippen LogP contribution in [-0.4, -0.2) is 50.0 Å². The standard InChI is InChI=1S/C11H11F3O2S.C6H5F3N2O.C2H7N/c12-11(13,14)8-3-1-6-10(7-8)17(15,16)9-4-2-5-9;7-6(8,9)4-11-5(3-12)1-2-10-11;1-3-2/h1,3,6-7,9H,2,4-5H2;1-3H,4H2;3H,1-2H3. The van der Waals surface area contributed by atoms with Crippen LogP contribution in [0.5, 0.6) is 0 Å². The Hall–Kier alpha value is -2.41. The molecular formula is C19H23F6N3O3S. The molecule has 3 rings (SSSR count). The second-order valence-electron chi connectivity index (χ2n) is 6.77. The Morgan fingerprint density at radius 2 is 1.72 bits per heavy atom. The van der Waals surface area contributed by atoms with Gasteiger partial charge >= 0.3 is 12.4 Å². The molecule has 0 aliphatic heterocycles. The largest absolute Gasteiger partial charge is 0.416 e. The summed E-state index contributed by atoms with van der Waals surface area (Å²) in [5.74, 6) is 0. The minimum absolute atomic E-state index is 0.0766. The van der Waals surface area contributed by atoms with Crippen LogP contribution in [0.25, 0.3) is 0 Å². The van der Waals surface area contributed by atoms with Crippen LogP contribution in [0.3, 0.4) is 0 Å². The molecule has 2 aromatic rings. The molecule has 0 bridgehead atoms. The first-order valence-corrected chi connectivity index (χ1v) is 10.8. The van der Waals surface area contributed by atoms with Crippen molar-refractivity contribution in [1.29, 1.82) is 0 Å². The van der Waals surface area contributed by atoms with Crippen molar-refractivity contribution in [2.75, 3.05) is 14.1 Å². The smallest absolute Gasteiger partial charge is 0.323 e. The van der Waals surface area contributed by atoms with Crippen molar-refractivity contribution in [3.05, 3.63) is 47.8 Å². The number of aldehydes is 1. The van der Waals surface area contributed by atoms with E-state index in [1.54, 1.807) is 0 Å². The fourth-order valence-corrected chi connectivity index (χ4v) is 4.37. The number of carbonyl (C=O) groups excluding carboxylic acids is 1. The summed E-state index contributed by atoms with van der Waals surface area (Å²) in [5.41, 5.74) is -0.995. The second-order valence-corrected chi connectivity index (χ2v) is 9.00. The quantitative estimate of drug-likeness (QED) is 0.518. The number of benzene rings is 1. The highest BCUT2D eigenvalue weighted by Gasteiger charge is 2.35. The van der Waals surface area contributed by atoms with Gasteiger partial charge < -0.3 is 5.32 Å². The lowest BCUT2D eigenvalue weighted by molar-refractivity contribution is -0.142. The molecule has 6 nitrogen and oxygen atoms in total. The van der Waals surface area contributed by atoms with Gasteiger partial charge in [0.15, 0.2) is 16.1 Å². The van der Waals surface area contributed by atoms with Crippen LogP contribution < -0.4 is 5.32 Å². The Labute approximate surface area is 181 Å². The molecule has 0 spiro atoms. The van der Waals surface area contributed by atoms with Crippen LogP contribution in [0.2, 0.25) is 0 Å². The van der Waals surface area contributed by atoms with Crippen LogP contribution in [-0.2, 0) is 22.6 Å². The highest BCUT2D eigenvalue weighted by Crippen LogP contribution is 2.34. The molecule has 1 N–H and O–H groups in total. The molecule has 0 radical (unpaired) electrons. The van der Waals surface area contributed by atoms with E-state index in [0.29, 0.717) is 29.9 Å². The zero-order valence-electron chi connectivity index (χ0n) is 17.2. The Morgan fingerprint density at radius 3 is 2.16 bits per heavy atom. The molecule has 0 saturated heterocycles. The van der Waals surface area contributed by atoms with E-state index in [-0.39, 0.29) is 10.6 Å². The predicted octanol–water partition coefficient (Wildman–Crippen LogP) is 4.13. The molecule has 0 amide bonds. The molecule has 13 heteroatoms. The third-order valence-corrected chi connectivity index (χ3v) is 6.44. The molecule has 1 aromatic carbocycles. The summed E-state index contributed by atoms with van der Waals surface area (Å²) in [4.78, 5) is 9.92. The monoisotopic (exact) mass is 487 g/mol. The summed E-state index contributed by atoms with van der Waals surface area (Å²) in [7, 11) is 0.165. The van der Waals surface area contributed by atoms with E-state index < -0.39 is 39.5 Å². The third-order valence-electron chi connectivity index (χ3n) is 4.18. The van der Waals surface area contributed by atoms with Gasteiger partial charge in [-0.1, -0.05) is 12.5 Å². The van der Waals surface area contributed by atoms with Crippen molar-refractivity contribution in [3.8, 4) is 0 Å². The van der Waals surface area contributed by atoms with Crippen LogP contribution in [0.4, 0.5) is 26.3 Å². The average molecular weight is 487 g/mol. The van der Waals surface area contributed by atoms with E-state index in [4.69, 9.17) is 0 Å². The van der Waals surface area contributed by atoms with Crippen molar-refractivity contribution in [1.82, 2.24) is 15.1 Å². The van der Waals surface area contributed by atoms with Gasteiger partial charge in [0.1, 0.15) is 12.2 Å². The topological polar surface area (TPSA) is 81.1 Å². The zero-order valence-corrected chi connectivity index (χ0v) is 18.1. The molecule has 1 saturated carbocycles. The summed E-state index contributed by atoms with van der Waals surface area (Å²) in [5, 5.41) is 5.58. The summed E-state index contributed by atoms with van der Waals surface area (Å²) in [6.45, 7) is -1.23. The highest BCUT2D eigenvalue weighted by molar-refractivity contribution is 7.92. The first-order chi connectivity index (χ1) is 14.8. The van der Waals surface area contributed by atoms with Gasteiger partial charge in [0.2, 0.25) is 0 Å². The maximum absolute atomic E-state index is 12.5. The lowest BCUT2D eigenvalue weighted by atomic mass is 10.00. The van der Waals surface area contributed by atoms with Crippen molar-refractivity contribution in [3.63, 3.8) is 0 Å². The SMILES string of the molecule is CNC.O=Cc1ccnn1CC(F)(F)F.O=S(=O)(c1cccc(C(F)(F)F)c1)C1CCC1. The van der Waals surface area contributed by atoms with Gasteiger partial charge in [0, 0.05) is 6.20 Å². The lowest BCUT2D eigenvalue weighted by Crippen LogP contribution is -2.28. The van der Waals surface area contributed by atoms with Crippen LogP contribution in [0.1, 0.15) is 35.3 Å². The first kappa shape index (κ1) is 27.6. The van der Waals surface area contributed by atoms with Gasteiger partial charge in [0.05, 0.1) is 15.7 Å². The summed E-state index contributed by atoms with van der Waals surface area (Å²) >= 11 is 0. The number of alkyl halides is 6. The predicted molar refractivity (Wildman–Crippen MR) is 105 cm³/mol. The van der Waals surface area contributed by atoms with Crippen LogP contribution in [0, 0.1) is 0 Å². The number of carbonyl (C=O) groups is 1. The van der Waals surface area contributed by atoms with Crippen molar-refractivity contribution in [2.24, 2.45) is 0 Å². The number of halogens is 6. The molecule has 0 unspecified atom stereocenters. The number of nitrogens with one attached hydrogen (secondary N) is 1. The van der Waals surface area contributed by atoms with E-state index in [0.717, 1.165) is 24.8 Å². The third kappa shape index (κ3) is 8.26. The molecule has 1 aliphatic rings. The summed E-state index contributed by atoms with van der Waals surface area (Å²) in [6.07, 6.45) is -5.47. The summed E-state index contributed by atoms with van der Waals surface area (Å²) < 4.78 is 97.1. The maximum atomic E-state index is 12.5. The van der Waals surface area contributed by atoms with Gasteiger partial charge in [-0.2, -0.15) is 31.4 Å². The van der Waals surface area contributed by atoms with E-state index in [1.807, 2.05) is 14.1 Å². The molecule has 1 heterocycles. The minimum Gasteiger partial charge on any atom is -0.323 e. The molecular weight excluding hydrogens is 464 g/mol. The maximum Gasteiger partial charge on any atom is 0.416 e. The lowest BCUT2D eigenvalue weighted by Gasteiger charge is -2.25. The number of aromatic nitrogens is 2. The highest BCUT2D eigenvalue weighted by atomic mass is 32.2. The average Bonchev–Trinajstić information content (AvgIpc) is 3.06. The molecule has 1 aromatic heterocycles. The number of rotatable bonds is 4. The Bertz CT molecular complexity index is 967. The zero-order chi connectivity index (χ0) is 24.6. The number of hydrogen-bond donors (Lipinski definition) is 1. The van der Waals surface area contributed by atoms with E-state index in [1.165, 1.54) is 12.1 Å². The van der Waals surface area contributed by atoms with E-state index in [2.05, 4.69) is 10.4 Å². The fraction of sp³-hybridized carbons (Fsp3) is 0.474. The number of nitrogens with zero attached hydrogens (tertiary/aromatic N) is 2. The molecule has 180 valence electrons. The number of sulfone groups is 1. The van der Waals surface area contributed by atoms with Crippen molar-refractivity contribution in [2.45, 2.75) is 48.3 Å². The first-order valence-electron chi connectivity index (χ1n) is 9.29. The van der Waals surface area contributed by atoms with Gasteiger partial charge in [-0.05, 0) is 51.2 Å². The van der Waals surface area contributed by atoms with Crippen LogP contribution >= 0.6 is 0 Å². The Morgan fingerprint density at radius 1 is 1.12 bits per heavy atom. The van der Waals surface area contributed by atoms with Crippen LogP contribution in [0.15, 0.2) is 41.4 Å².